The van der Waals surface area contributed by atoms with Crippen LogP contribution < -0.4 is 11.1 Å². The van der Waals surface area contributed by atoms with Crippen molar-refractivity contribution in [2.24, 2.45) is 5.73 Å². The summed E-state index contributed by atoms with van der Waals surface area (Å²) in [6.07, 6.45) is 1.64. The fourth-order valence-corrected chi connectivity index (χ4v) is 3.55. The second-order valence-electron chi connectivity index (χ2n) is 4.83. The van der Waals surface area contributed by atoms with Crippen LogP contribution in [0.25, 0.3) is 10.2 Å². The zero-order valence-electron chi connectivity index (χ0n) is 11.7. The van der Waals surface area contributed by atoms with Gasteiger partial charge in [-0.25, -0.2) is 4.98 Å². The van der Waals surface area contributed by atoms with E-state index in [1.807, 2.05) is 26.0 Å². The fraction of sp³-hybridized carbons (Fsp3) is 0.286. The Morgan fingerprint density at radius 2 is 2.29 bits per heavy atom. The van der Waals surface area contributed by atoms with Gasteiger partial charge in [-0.05, 0) is 43.1 Å². The maximum Gasteiger partial charge on any atom is 0.224 e. The Bertz CT molecular complexity index is 767. The van der Waals surface area contributed by atoms with Gasteiger partial charge in [0.2, 0.25) is 5.28 Å². The number of aromatic nitrogens is 2. The highest BCUT2D eigenvalue weighted by molar-refractivity contribution is 7.19. The molecule has 0 amide bonds. The lowest BCUT2D eigenvalue weighted by molar-refractivity contribution is 0.518. The van der Waals surface area contributed by atoms with Crippen LogP contribution in [0.2, 0.25) is 5.28 Å². The molecule has 3 N–H and O–H groups in total. The number of fused-ring (bicyclic) bond motifs is 1. The Kier molecular flexibility index (Phi) is 3.84. The number of aryl methyl sites for hydroxylation is 1. The Morgan fingerprint density at radius 3 is 2.95 bits per heavy atom. The Hall–Kier alpha value is -1.63. The molecule has 0 aliphatic heterocycles. The largest absolute Gasteiger partial charge is 0.467 e. The average Bonchev–Trinajstić information content (AvgIpc) is 3.05. The summed E-state index contributed by atoms with van der Waals surface area (Å²) in [6, 6.07) is 3.71. The van der Waals surface area contributed by atoms with Crippen molar-refractivity contribution >= 4 is 39.0 Å². The second kappa shape index (κ2) is 5.63. The molecule has 0 bridgehead atoms. The molecule has 0 radical (unpaired) electrons. The molecule has 1 atom stereocenters. The fourth-order valence-electron chi connectivity index (χ4n) is 2.22. The van der Waals surface area contributed by atoms with Gasteiger partial charge in [0.1, 0.15) is 11.6 Å². The number of nitrogens with two attached hydrogens (primary N) is 1. The first-order valence-electron chi connectivity index (χ1n) is 6.54. The zero-order valence-corrected chi connectivity index (χ0v) is 13.3. The summed E-state index contributed by atoms with van der Waals surface area (Å²) >= 11 is 7.64. The number of halogens is 1. The summed E-state index contributed by atoms with van der Waals surface area (Å²) in [5.41, 5.74) is 7.93. The van der Waals surface area contributed by atoms with Gasteiger partial charge in [-0.15, -0.1) is 11.3 Å². The maximum atomic E-state index is 6.03. The van der Waals surface area contributed by atoms with Crippen LogP contribution in [0.15, 0.2) is 22.8 Å². The lowest BCUT2D eigenvalue weighted by Crippen LogP contribution is -2.03. The lowest BCUT2D eigenvalue weighted by atomic mass is 10.2. The van der Waals surface area contributed by atoms with Gasteiger partial charge in [0.05, 0.1) is 23.0 Å². The highest BCUT2D eigenvalue weighted by Gasteiger charge is 2.17. The number of hydrogen-bond donors (Lipinski definition) is 2. The van der Waals surface area contributed by atoms with Crippen molar-refractivity contribution in [1.82, 2.24) is 9.97 Å². The molecule has 0 aromatic carbocycles. The molecule has 0 saturated heterocycles. The predicted octanol–water partition coefficient (Wildman–Crippen LogP) is 3.88. The molecule has 110 valence electrons. The maximum absolute atomic E-state index is 6.03. The highest BCUT2D eigenvalue weighted by atomic mass is 35.5. The molecule has 3 rings (SSSR count). The smallest absolute Gasteiger partial charge is 0.224 e. The topological polar surface area (TPSA) is 77.0 Å². The first-order valence-corrected chi connectivity index (χ1v) is 7.74. The van der Waals surface area contributed by atoms with Crippen molar-refractivity contribution in [3.63, 3.8) is 0 Å². The molecule has 3 aromatic heterocycles. The molecule has 0 unspecified atom stereocenters. The summed E-state index contributed by atoms with van der Waals surface area (Å²) in [6.45, 7) is 4.51. The van der Waals surface area contributed by atoms with Crippen LogP contribution in [0, 0.1) is 6.92 Å². The number of nitrogens with zero attached hydrogens (tertiary/aromatic N) is 2. The van der Waals surface area contributed by atoms with Crippen LogP contribution >= 0.6 is 22.9 Å². The van der Waals surface area contributed by atoms with Crippen LogP contribution in [0.5, 0.6) is 0 Å². The quantitative estimate of drug-likeness (QED) is 0.713. The van der Waals surface area contributed by atoms with Crippen molar-refractivity contribution in [3.05, 3.63) is 39.9 Å². The first-order chi connectivity index (χ1) is 10.1. The standard InChI is InChI=1S/C14H15ClN4OS/c1-7-10-12(21-11(7)8(2)16)13(19-14(15)18-10)17-6-9-4-3-5-20-9/h3-5,8H,6,16H2,1-2H3,(H,17,18,19)/t8-/m0/s1. The summed E-state index contributed by atoms with van der Waals surface area (Å²) in [5.74, 6) is 1.54. The van der Waals surface area contributed by atoms with E-state index in [1.54, 1.807) is 17.6 Å². The van der Waals surface area contributed by atoms with Crippen LogP contribution in [0.3, 0.4) is 0 Å². The number of nitrogens with one attached hydrogen (secondary N) is 1. The van der Waals surface area contributed by atoms with Crippen molar-refractivity contribution in [2.45, 2.75) is 26.4 Å². The van der Waals surface area contributed by atoms with E-state index in [1.165, 1.54) is 0 Å². The molecular weight excluding hydrogens is 308 g/mol. The van der Waals surface area contributed by atoms with Crippen LogP contribution in [0.1, 0.15) is 29.2 Å². The van der Waals surface area contributed by atoms with Crippen molar-refractivity contribution in [2.75, 3.05) is 5.32 Å². The highest BCUT2D eigenvalue weighted by Crippen LogP contribution is 2.37. The molecule has 0 aliphatic carbocycles. The van der Waals surface area contributed by atoms with Crippen molar-refractivity contribution in [1.29, 1.82) is 0 Å². The molecule has 21 heavy (non-hydrogen) atoms. The Morgan fingerprint density at radius 1 is 1.48 bits per heavy atom. The first kappa shape index (κ1) is 14.3. The number of furan rings is 1. The summed E-state index contributed by atoms with van der Waals surface area (Å²) in [5, 5.41) is 3.47. The number of rotatable bonds is 4. The minimum absolute atomic E-state index is 0.0408. The third-order valence-electron chi connectivity index (χ3n) is 3.20. The minimum Gasteiger partial charge on any atom is -0.467 e. The van der Waals surface area contributed by atoms with Gasteiger partial charge in [0.15, 0.2) is 0 Å². The van der Waals surface area contributed by atoms with Crippen molar-refractivity contribution < 1.29 is 4.42 Å². The van der Waals surface area contributed by atoms with E-state index in [2.05, 4.69) is 15.3 Å². The third kappa shape index (κ3) is 2.74. The van der Waals surface area contributed by atoms with Crippen LogP contribution in [-0.4, -0.2) is 9.97 Å². The average molecular weight is 323 g/mol. The SMILES string of the molecule is Cc1c([C@H](C)N)sc2c(NCc3ccco3)nc(Cl)nc12. The second-order valence-corrected chi connectivity index (χ2v) is 6.22. The molecule has 0 fully saturated rings. The summed E-state index contributed by atoms with van der Waals surface area (Å²) in [7, 11) is 0. The number of hydrogen-bond acceptors (Lipinski definition) is 6. The van der Waals surface area contributed by atoms with Gasteiger partial charge in [-0.3, -0.25) is 0 Å². The minimum atomic E-state index is -0.0408. The molecule has 3 aromatic rings. The van der Waals surface area contributed by atoms with Crippen molar-refractivity contribution in [3.8, 4) is 0 Å². The van der Waals surface area contributed by atoms with E-state index in [9.17, 15) is 0 Å². The van der Waals surface area contributed by atoms with Gasteiger partial charge in [0, 0.05) is 10.9 Å². The Labute approximate surface area is 131 Å². The third-order valence-corrected chi connectivity index (χ3v) is 4.86. The van der Waals surface area contributed by atoms with E-state index >= 15 is 0 Å². The molecule has 0 saturated carbocycles. The molecule has 0 spiro atoms. The molecule has 3 heterocycles. The molecule has 0 aliphatic rings. The number of anilines is 1. The molecule has 5 nitrogen and oxygen atoms in total. The number of thiophene rings is 1. The van der Waals surface area contributed by atoms with Crippen LogP contribution in [0.4, 0.5) is 5.82 Å². The van der Waals surface area contributed by atoms with E-state index < -0.39 is 0 Å². The molecular formula is C14H15ClN4OS. The van der Waals surface area contributed by atoms with E-state index in [4.69, 9.17) is 21.8 Å². The van der Waals surface area contributed by atoms with Gasteiger partial charge in [0.25, 0.3) is 0 Å². The predicted molar refractivity (Wildman–Crippen MR) is 85.8 cm³/mol. The van der Waals surface area contributed by atoms with Gasteiger partial charge >= 0.3 is 0 Å². The van der Waals surface area contributed by atoms with Gasteiger partial charge < -0.3 is 15.5 Å². The molecule has 7 heteroatoms. The van der Waals surface area contributed by atoms with E-state index in [0.29, 0.717) is 12.4 Å². The van der Waals surface area contributed by atoms with Gasteiger partial charge in [-0.2, -0.15) is 4.98 Å². The zero-order chi connectivity index (χ0) is 15.0. The van der Waals surface area contributed by atoms with Crippen LogP contribution in [-0.2, 0) is 6.54 Å². The lowest BCUT2D eigenvalue weighted by Gasteiger charge is -2.05. The summed E-state index contributed by atoms with van der Waals surface area (Å²) < 4.78 is 6.28. The van der Waals surface area contributed by atoms with E-state index in [-0.39, 0.29) is 11.3 Å². The van der Waals surface area contributed by atoms with Gasteiger partial charge in [-0.1, -0.05) is 0 Å². The Balaban J connectivity index is 2.02. The monoisotopic (exact) mass is 322 g/mol. The normalized spacial score (nSPS) is 12.8. The summed E-state index contributed by atoms with van der Waals surface area (Å²) in [4.78, 5) is 9.71. The van der Waals surface area contributed by atoms with E-state index in [0.717, 1.165) is 26.4 Å².